The first-order chi connectivity index (χ1) is 12.9. The highest BCUT2D eigenvalue weighted by atomic mass is 28.4. The van der Waals surface area contributed by atoms with Crippen molar-refractivity contribution in [3.8, 4) is 17.1 Å². The SMILES string of the molecule is C[Si](C)(C)OCCn1nnnc1-c1ccc(OCc2ccccc2)c(F)c1. The molecule has 1 aromatic heterocycles. The smallest absolute Gasteiger partial charge is 0.183 e. The van der Waals surface area contributed by atoms with Crippen molar-refractivity contribution in [3.05, 3.63) is 59.9 Å². The van der Waals surface area contributed by atoms with Gasteiger partial charge in [-0.15, -0.1) is 5.10 Å². The van der Waals surface area contributed by atoms with Gasteiger partial charge < -0.3 is 9.16 Å². The van der Waals surface area contributed by atoms with Gasteiger partial charge in [-0.2, -0.15) is 0 Å². The topological polar surface area (TPSA) is 62.1 Å². The third-order valence-electron chi connectivity index (χ3n) is 3.80. The van der Waals surface area contributed by atoms with Crippen LogP contribution in [-0.4, -0.2) is 35.1 Å². The average Bonchev–Trinajstić information content (AvgIpc) is 3.09. The lowest BCUT2D eigenvalue weighted by Crippen LogP contribution is -2.27. The first-order valence-electron chi connectivity index (χ1n) is 8.79. The maximum atomic E-state index is 14.5. The molecule has 2 aromatic carbocycles. The van der Waals surface area contributed by atoms with Gasteiger partial charge in [-0.05, 0) is 53.8 Å². The van der Waals surface area contributed by atoms with Crippen LogP contribution in [0.25, 0.3) is 11.4 Å². The number of benzene rings is 2. The zero-order valence-electron chi connectivity index (χ0n) is 15.7. The average molecular weight is 387 g/mol. The molecule has 0 bridgehead atoms. The van der Waals surface area contributed by atoms with Crippen molar-refractivity contribution in [2.45, 2.75) is 32.8 Å². The van der Waals surface area contributed by atoms with Gasteiger partial charge in [0.25, 0.3) is 0 Å². The van der Waals surface area contributed by atoms with Crippen LogP contribution in [0.3, 0.4) is 0 Å². The van der Waals surface area contributed by atoms with Crippen LogP contribution in [0.15, 0.2) is 48.5 Å². The van der Waals surface area contributed by atoms with Crippen LogP contribution in [0.5, 0.6) is 5.75 Å². The van der Waals surface area contributed by atoms with Crippen LogP contribution >= 0.6 is 0 Å². The lowest BCUT2D eigenvalue weighted by atomic mass is 10.2. The molecular formula is C19H23FN4O2Si. The molecule has 0 fully saturated rings. The summed E-state index contributed by atoms with van der Waals surface area (Å²) >= 11 is 0. The summed E-state index contributed by atoms with van der Waals surface area (Å²) < 4.78 is 27.5. The molecule has 8 heteroatoms. The molecule has 0 atom stereocenters. The summed E-state index contributed by atoms with van der Waals surface area (Å²) in [5, 5.41) is 11.7. The van der Waals surface area contributed by atoms with Crippen LogP contribution in [0.4, 0.5) is 4.39 Å². The van der Waals surface area contributed by atoms with E-state index in [-0.39, 0.29) is 5.75 Å². The second-order valence-electron chi connectivity index (χ2n) is 7.11. The van der Waals surface area contributed by atoms with E-state index in [0.717, 1.165) is 5.56 Å². The molecular weight excluding hydrogens is 363 g/mol. The van der Waals surface area contributed by atoms with Gasteiger partial charge in [0, 0.05) is 5.56 Å². The molecule has 3 rings (SSSR count). The zero-order chi connectivity index (χ0) is 19.3. The second kappa shape index (κ2) is 8.41. The fraction of sp³-hybridized carbons (Fsp3) is 0.316. The van der Waals surface area contributed by atoms with Crippen molar-refractivity contribution in [3.63, 3.8) is 0 Å². The summed E-state index contributed by atoms with van der Waals surface area (Å²) in [6.45, 7) is 7.71. The Morgan fingerprint density at radius 1 is 1.07 bits per heavy atom. The van der Waals surface area contributed by atoms with Gasteiger partial charge in [0.2, 0.25) is 0 Å². The standard InChI is InChI=1S/C19H23FN4O2Si/c1-27(2,3)26-12-11-24-19(21-22-23-24)16-9-10-18(17(20)13-16)25-14-15-7-5-4-6-8-15/h4-10,13H,11-12,14H2,1-3H3. The lowest BCUT2D eigenvalue weighted by Gasteiger charge is -2.17. The highest BCUT2D eigenvalue weighted by Crippen LogP contribution is 2.24. The Hall–Kier alpha value is -2.58. The highest BCUT2D eigenvalue weighted by molar-refractivity contribution is 6.69. The van der Waals surface area contributed by atoms with Gasteiger partial charge >= 0.3 is 0 Å². The lowest BCUT2D eigenvalue weighted by molar-refractivity contribution is 0.284. The van der Waals surface area contributed by atoms with E-state index in [1.54, 1.807) is 16.8 Å². The number of hydrogen-bond acceptors (Lipinski definition) is 5. The molecule has 0 spiro atoms. The van der Waals surface area contributed by atoms with Gasteiger partial charge in [0.1, 0.15) is 6.61 Å². The number of aromatic nitrogens is 4. The summed E-state index contributed by atoms with van der Waals surface area (Å²) in [5.74, 6) is 0.253. The minimum absolute atomic E-state index is 0.198. The molecule has 0 N–H and O–H groups in total. The summed E-state index contributed by atoms with van der Waals surface area (Å²) in [4.78, 5) is 0. The van der Waals surface area contributed by atoms with Crippen molar-refractivity contribution in [1.82, 2.24) is 20.2 Å². The molecule has 3 aromatic rings. The van der Waals surface area contributed by atoms with Crippen molar-refractivity contribution in [2.24, 2.45) is 0 Å². The van der Waals surface area contributed by atoms with Gasteiger partial charge in [-0.25, -0.2) is 9.07 Å². The van der Waals surface area contributed by atoms with E-state index >= 15 is 0 Å². The molecule has 0 aliphatic carbocycles. The number of nitrogens with zero attached hydrogens (tertiary/aromatic N) is 4. The van der Waals surface area contributed by atoms with Crippen molar-refractivity contribution < 1.29 is 13.6 Å². The number of hydrogen-bond donors (Lipinski definition) is 0. The Bertz CT molecular complexity index is 881. The van der Waals surface area contributed by atoms with E-state index in [1.165, 1.54) is 6.07 Å². The zero-order valence-corrected chi connectivity index (χ0v) is 16.7. The van der Waals surface area contributed by atoms with Gasteiger partial charge in [0.05, 0.1) is 13.2 Å². The van der Waals surface area contributed by atoms with Crippen LogP contribution in [0, 0.1) is 5.82 Å². The molecule has 0 saturated heterocycles. The summed E-state index contributed by atoms with van der Waals surface area (Å²) in [7, 11) is -1.60. The minimum atomic E-state index is -1.60. The maximum Gasteiger partial charge on any atom is 0.183 e. The minimum Gasteiger partial charge on any atom is -0.486 e. The number of tetrazole rings is 1. The molecule has 142 valence electrons. The van der Waals surface area contributed by atoms with E-state index in [2.05, 4.69) is 35.2 Å². The largest absolute Gasteiger partial charge is 0.486 e. The molecule has 0 unspecified atom stereocenters. The van der Waals surface area contributed by atoms with E-state index in [9.17, 15) is 4.39 Å². The maximum absolute atomic E-state index is 14.5. The monoisotopic (exact) mass is 386 g/mol. The number of ether oxygens (including phenoxy) is 1. The van der Waals surface area contributed by atoms with E-state index in [0.29, 0.717) is 31.1 Å². The Kier molecular flexibility index (Phi) is 5.97. The van der Waals surface area contributed by atoms with Crippen LogP contribution < -0.4 is 4.74 Å². The van der Waals surface area contributed by atoms with Gasteiger partial charge in [-0.1, -0.05) is 30.3 Å². The Morgan fingerprint density at radius 2 is 1.85 bits per heavy atom. The molecule has 1 heterocycles. The molecule has 0 aliphatic heterocycles. The molecule has 0 saturated carbocycles. The van der Waals surface area contributed by atoms with E-state index < -0.39 is 14.1 Å². The predicted octanol–water partition coefficient (Wildman–Crippen LogP) is 3.91. The van der Waals surface area contributed by atoms with Crippen LogP contribution in [0.1, 0.15) is 5.56 Å². The second-order valence-corrected chi connectivity index (χ2v) is 11.6. The molecule has 0 radical (unpaired) electrons. The quantitative estimate of drug-likeness (QED) is 0.549. The predicted molar refractivity (Wildman–Crippen MR) is 103 cm³/mol. The number of rotatable bonds is 8. The van der Waals surface area contributed by atoms with E-state index in [1.807, 2.05) is 30.3 Å². The Labute approximate surface area is 159 Å². The number of halogens is 1. The first kappa shape index (κ1) is 19.2. The summed E-state index contributed by atoms with van der Waals surface area (Å²) in [5.41, 5.74) is 1.57. The Balaban J connectivity index is 1.68. The molecule has 0 aliphatic rings. The van der Waals surface area contributed by atoms with Crippen molar-refractivity contribution in [1.29, 1.82) is 0 Å². The summed E-state index contributed by atoms with van der Waals surface area (Å²) in [6, 6.07) is 14.4. The van der Waals surface area contributed by atoms with Crippen LogP contribution in [0.2, 0.25) is 19.6 Å². The van der Waals surface area contributed by atoms with Gasteiger partial charge in [-0.3, -0.25) is 0 Å². The third kappa shape index (κ3) is 5.44. The van der Waals surface area contributed by atoms with Gasteiger partial charge in [0.15, 0.2) is 25.7 Å². The Morgan fingerprint density at radius 3 is 2.56 bits per heavy atom. The van der Waals surface area contributed by atoms with Crippen LogP contribution in [-0.2, 0) is 17.6 Å². The van der Waals surface area contributed by atoms with E-state index in [4.69, 9.17) is 9.16 Å². The molecule has 6 nitrogen and oxygen atoms in total. The first-order valence-corrected chi connectivity index (χ1v) is 12.2. The molecule has 0 amide bonds. The normalized spacial score (nSPS) is 11.6. The highest BCUT2D eigenvalue weighted by Gasteiger charge is 2.16. The fourth-order valence-electron chi connectivity index (χ4n) is 2.49. The summed E-state index contributed by atoms with van der Waals surface area (Å²) in [6.07, 6.45) is 0. The third-order valence-corrected chi connectivity index (χ3v) is 4.87. The van der Waals surface area contributed by atoms with Crippen molar-refractivity contribution in [2.75, 3.05) is 6.61 Å². The molecule has 27 heavy (non-hydrogen) atoms. The fourth-order valence-corrected chi connectivity index (χ4v) is 3.20. The van der Waals surface area contributed by atoms with Crippen molar-refractivity contribution >= 4 is 8.32 Å².